The van der Waals surface area contributed by atoms with Gasteiger partial charge in [0.05, 0.1) is 0 Å². The zero-order chi connectivity index (χ0) is 12.6. The fourth-order valence-electron chi connectivity index (χ4n) is 0.740. The summed E-state index contributed by atoms with van der Waals surface area (Å²) >= 11 is 0. The van der Waals surface area contributed by atoms with Crippen LogP contribution in [0.5, 0.6) is 5.75 Å². The van der Waals surface area contributed by atoms with E-state index in [9.17, 15) is 13.2 Å². The van der Waals surface area contributed by atoms with Crippen LogP contribution in [0.1, 0.15) is 32.3 Å². The lowest BCUT2D eigenvalue weighted by atomic mass is 10.2. The summed E-state index contributed by atoms with van der Waals surface area (Å²) in [4.78, 5) is 0. The van der Waals surface area contributed by atoms with E-state index in [1.807, 2.05) is 0 Å². The van der Waals surface area contributed by atoms with Gasteiger partial charge in [-0.15, -0.1) is 13.2 Å². The van der Waals surface area contributed by atoms with Crippen molar-refractivity contribution in [2.75, 3.05) is 0 Å². The highest BCUT2D eigenvalue weighted by molar-refractivity contribution is 5.26. The maximum atomic E-state index is 11.6. The minimum Gasteiger partial charge on any atom is -0.406 e. The molecule has 0 heterocycles. The van der Waals surface area contributed by atoms with Gasteiger partial charge in [0.1, 0.15) is 5.75 Å². The Bertz CT molecular complexity index is 275. The lowest BCUT2D eigenvalue weighted by Gasteiger charge is -2.08. The Morgan fingerprint density at radius 3 is 1.75 bits per heavy atom. The molecule has 1 rings (SSSR count). The molecule has 4 heteroatoms. The Morgan fingerprint density at radius 1 is 1.00 bits per heavy atom. The Kier molecular flexibility index (Phi) is 6.61. The van der Waals surface area contributed by atoms with E-state index in [-0.39, 0.29) is 5.75 Å². The molecule has 0 fully saturated rings. The van der Waals surface area contributed by atoms with E-state index >= 15 is 0 Å². The molecule has 1 aromatic carbocycles. The molecule has 0 N–H and O–H groups in total. The lowest BCUT2D eigenvalue weighted by Crippen LogP contribution is -2.16. The molecule has 0 unspecified atom stereocenters. The quantitative estimate of drug-likeness (QED) is 0.720. The number of benzene rings is 1. The molecular formula is C12H17F3O. The van der Waals surface area contributed by atoms with Gasteiger partial charge in [0.2, 0.25) is 0 Å². The van der Waals surface area contributed by atoms with Crippen molar-refractivity contribution in [3.63, 3.8) is 0 Å². The largest absolute Gasteiger partial charge is 0.573 e. The first-order valence-electron chi connectivity index (χ1n) is 5.21. The third-order valence-corrected chi connectivity index (χ3v) is 1.75. The van der Waals surface area contributed by atoms with E-state index in [0.29, 0.717) is 0 Å². The van der Waals surface area contributed by atoms with Gasteiger partial charge >= 0.3 is 6.36 Å². The number of hydrogen-bond acceptors (Lipinski definition) is 1. The molecule has 92 valence electrons. The average Bonchev–Trinajstić information content (AvgIpc) is 2.20. The molecule has 0 saturated carbocycles. The SMILES string of the molecule is CCCC.Cc1ccc(OC(F)(F)F)cc1. The van der Waals surface area contributed by atoms with Crippen molar-refractivity contribution in [2.24, 2.45) is 0 Å². The van der Waals surface area contributed by atoms with Crippen LogP contribution in [0.4, 0.5) is 13.2 Å². The summed E-state index contributed by atoms with van der Waals surface area (Å²) < 4.78 is 38.5. The van der Waals surface area contributed by atoms with Crippen LogP contribution in [0.25, 0.3) is 0 Å². The summed E-state index contributed by atoms with van der Waals surface area (Å²) in [6, 6.07) is 5.67. The van der Waals surface area contributed by atoms with Gasteiger partial charge in [-0.2, -0.15) is 0 Å². The van der Waals surface area contributed by atoms with Crippen LogP contribution >= 0.6 is 0 Å². The van der Waals surface area contributed by atoms with Crippen LogP contribution in [-0.4, -0.2) is 6.36 Å². The number of ether oxygens (including phenoxy) is 1. The van der Waals surface area contributed by atoms with Gasteiger partial charge in [-0.25, -0.2) is 0 Å². The number of rotatable bonds is 2. The lowest BCUT2D eigenvalue weighted by molar-refractivity contribution is -0.274. The van der Waals surface area contributed by atoms with Gasteiger partial charge < -0.3 is 4.74 Å². The standard InChI is InChI=1S/C8H7F3O.C4H10/c1-6-2-4-7(5-3-6)12-8(9,10)11;1-3-4-2/h2-5H,1H3;3-4H2,1-2H3. The molecule has 0 aliphatic rings. The Labute approximate surface area is 94.2 Å². The van der Waals surface area contributed by atoms with Gasteiger partial charge in [0.25, 0.3) is 0 Å². The number of halogens is 3. The van der Waals surface area contributed by atoms with Crippen LogP contribution in [0.3, 0.4) is 0 Å². The second kappa shape index (κ2) is 7.14. The molecule has 0 radical (unpaired) electrons. The van der Waals surface area contributed by atoms with Crippen molar-refractivity contribution in [2.45, 2.75) is 40.0 Å². The maximum absolute atomic E-state index is 11.6. The van der Waals surface area contributed by atoms with Crippen molar-refractivity contribution >= 4 is 0 Å². The molecule has 0 spiro atoms. The summed E-state index contributed by atoms with van der Waals surface area (Å²) in [6.07, 6.45) is -1.96. The van der Waals surface area contributed by atoms with Gasteiger partial charge in [-0.3, -0.25) is 0 Å². The topological polar surface area (TPSA) is 9.23 Å². The molecule has 16 heavy (non-hydrogen) atoms. The molecule has 0 atom stereocenters. The molecule has 1 nitrogen and oxygen atoms in total. The van der Waals surface area contributed by atoms with Crippen molar-refractivity contribution in [1.82, 2.24) is 0 Å². The molecule has 0 aromatic heterocycles. The number of unbranched alkanes of at least 4 members (excludes halogenated alkanes) is 1. The smallest absolute Gasteiger partial charge is 0.406 e. The van der Waals surface area contributed by atoms with E-state index in [1.54, 1.807) is 19.1 Å². The zero-order valence-corrected chi connectivity index (χ0v) is 9.77. The first kappa shape index (κ1) is 14.8. The number of hydrogen-bond donors (Lipinski definition) is 0. The van der Waals surface area contributed by atoms with Gasteiger partial charge in [0.15, 0.2) is 0 Å². The van der Waals surface area contributed by atoms with Gasteiger partial charge in [-0.1, -0.05) is 44.4 Å². The number of aryl methyl sites for hydroxylation is 1. The fourth-order valence-corrected chi connectivity index (χ4v) is 0.740. The summed E-state index contributed by atoms with van der Waals surface area (Å²) in [6.45, 7) is 6.15. The third-order valence-electron chi connectivity index (χ3n) is 1.75. The van der Waals surface area contributed by atoms with E-state index in [0.717, 1.165) is 5.56 Å². The van der Waals surface area contributed by atoms with E-state index < -0.39 is 6.36 Å². The van der Waals surface area contributed by atoms with Crippen LogP contribution in [0, 0.1) is 6.92 Å². The zero-order valence-electron chi connectivity index (χ0n) is 9.77. The Balaban J connectivity index is 0.000000487. The van der Waals surface area contributed by atoms with Crippen LogP contribution in [0.15, 0.2) is 24.3 Å². The molecule has 1 aromatic rings. The highest BCUT2D eigenvalue weighted by atomic mass is 19.4. The van der Waals surface area contributed by atoms with Crippen LogP contribution in [-0.2, 0) is 0 Å². The number of alkyl halides is 3. The normalized spacial score (nSPS) is 10.4. The van der Waals surface area contributed by atoms with E-state index in [1.165, 1.54) is 25.0 Å². The highest BCUT2D eigenvalue weighted by Crippen LogP contribution is 2.22. The first-order chi connectivity index (χ1) is 7.39. The van der Waals surface area contributed by atoms with E-state index in [2.05, 4.69) is 18.6 Å². The molecular weight excluding hydrogens is 217 g/mol. The average molecular weight is 234 g/mol. The minimum atomic E-state index is -4.60. The summed E-state index contributed by atoms with van der Waals surface area (Å²) in [5, 5.41) is 0. The summed E-state index contributed by atoms with van der Waals surface area (Å²) in [7, 11) is 0. The highest BCUT2D eigenvalue weighted by Gasteiger charge is 2.30. The maximum Gasteiger partial charge on any atom is 0.573 e. The van der Waals surface area contributed by atoms with Crippen LogP contribution < -0.4 is 4.74 Å². The summed E-state index contributed by atoms with van der Waals surface area (Å²) in [5.41, 5.74) is 0.893. The molecule has 0 amide bonds. The third kappa shape index (κ3) is 8.15. The van der Waals surface area contributed by atoms with Crippen LogP contribution in [0.2, 0.25) is 0 Å². The predicted octanol–water partition coefficient (Wildman–Crippen LogP) is 4.70. The molecule has 0 bridgehead atoms. The van der Waals surface area contributed by atoms with Gasteiger partial charge in [-0.05, 0) is 19.1 Å². The molecule has 0 aliphatic heterocycles. The van der Waals surface area contributed by atoms with Gasteiger partial charge in [0, 0.05) is 0 Å². The minimum absolute atomic E-state index is 0.187. The predicted molar refractivity (Wildman–Crippen MR) is 58.4 cm³/mol. The Morgan fingerprint density at radius 2 is 1.44 bits per heavy atom. The fraction of sp³-hybridized carbons (Fsp3) is 0.500. The van der Waals surface area contributed by atoms with E-state index in [4.69, 9.17) is 0 Å². The van der Waals surface area contributed by atoms with Crippen molar-refractivity contribution in [1.29, 1.82) is 0 Å². The molecule has 0 saturated heterocycles. The molecule has 0 aliphatic carbocycles. The Hall–Kier alpha value is -1.19. The first-order valence-corrected chi connectivity index (χ1v) is 5.21. The van der Waals surface area contributed by atoms with Crippen molar-refractivity contribution in [3.05, 3.63) is 29.8 Å². The summed E-state index contributed by atoms with van der Waals surface area (Å²) in [5.74, 6) is -0.187. The monoisotopic (exact) mass is 234 g/mol. The van der Waals surface area contributed by atoms with Crippen molar-refractivity contribution in [3.8, 4) is 5.75 Å². The second-order valence-electron chi connectivity index (χ2n) is 3.36. The second-order valence-corrected chi connectivity index (χ2v) is 3.36. The van der Waals surface area contributed by atoms with Crippen molar-refractivity contribution < 1.29 is 17.9 Å².